The highest BCUT2D eigenvalue weighted by molar-refractivity contribution is 6.15. The molecule has 0 aromatic carbocycles. The van der Waals surface area contributed by atoms with Gasteiger partial charge >= 0.3 is 0 Å². The van der Waals surface area contributed by atoms with Crippen molar-refractivity contribution in [1.82, 2.24) is 0 Å². The maximum Gasteiger partial charge on any atom is 0.0749 e. The molecule has 1 unspecified atom stereocenters. The van der Waals surface area contributed by atoms with E-state index in [0.29, 0.717) is 0 Å². The third-order valence-corrected chi connectivity index (χ3v) is 5.00. The molecular weight excluding hydrogens is 215 g/mol. The zero-order valence-corrected chi connectivity index (χ0v) is 12.8. The molecule has 0 aromatic heterocycles. The molecule has 1 aliphatic carbocycles. The molecule has 0 nitrogen and oxygen atoms in total. The van der Waals surface area contributed by atoms with Gasteiger partial charge in [0.2, 0.25) is 0 Å². The standard InChI is InChI=1S/C17H31B/c1-4-17(18,5-2)16-13-8-6-7-11-15(3)12-9-10-14-16/h11,16H,4-10,12-14H2,1-3H3/b15-11+. The van der Waals surface area contributed by atoms with Crippen LogP contribution < -0.4 is 0 Å². The molecule has 2 radical (unpaired) electrons. The number of rotatable bonds is 3. The second kappa shape index (κ2) is 8.07. The Morgan fingerprint density at radius 2 is 1.72 bits per heavy atom. The van der Waals surface area contributed by atoms with Crippen molar-refractivity contribution in [3.8, 4) is 0 Å². The normalized spacial score (nSPS) is 27.1. The Kier molecular flexibility index (Phi) is 7.11. The third kappa shape index (κ3) is 4.82. The fourth-order valence-corrected chi connectivity index (χ4v) is 3.33. The first-order valence-electron chi connectivity index (χ1n) is 8.07. The van der Waals surface area contributed by atoms with E-state index in [2.05, 4.69) is 26.8 Å². The molecule has 1 heteroatoms. The fraction of sp³-hybridized carbons (Fsp3) is 0.882. The van der Waals surface area contributed by atoms with E-state index in [-0.39, 0.29) is 5.31 Å². The van der Waals surface area contributed by atoms with E-state index >= 15 is 0 Å². The molecule has 102 valence electrons. The summed E-state index contributed by atoms with van der Waals surface area (Å²) < 4.78 is 0. The highest BCUT2D eigenvalue weighted by Gasteiger charge is 2.29. The Bertz CT molecular complexity index is 250. The van der Waals surface area contributed by atoms with Crippen molar-refractivity contribution >= 4 is 7.85 Å². The maximum absolute atomic E-state index is 6.64. The van der Waals surface area contributed by atoms with Gasteiger partial charge in [-0.2, -0.15) is 0 Å². The topological polar surface area (TPSA) is 0 Å². The summed E-state index contributed by atoms with van der Waals surface area (Å²) in [5.74, 6) is 0.742. The summed E-state index contributed by atoms with van der Waals surface area (Å²) >= 11 is 0. The van der Waals surface area contributed by atoms with Gasteiger partial charge in [-0.05, 0) is 38.5 Å². The van der Waals surface area contributed by atoms with E-state index in [4.69, 9.17) is 7.85 Å². The molecular formula is C17H31B. The van der Waals surface area contributed by atoms with E-state index in [9.17, 15) is 0 Å². The van der Waals surface area contributed by atoms with Crippen LogP contribution in [-0.4, -0.2) is 7.85 Å². The van der Waals surface area contributed by atoms with Crippen LogP contribution in [0.15, 0.2) is 11.6 Å². The molecule has 0 bridgehead atoms. The number of allylic oxidation sites excluding steroid dienone is 2. The molecule has 0 saturated carbocycles. The van der Waals surface area contributed by atoms with Crippen LogP contribution >= 0.6 is 0 Å². The molecule has 0 fully saturated rings. The summed E-state index contributed by atoms with van der Waals surface area (Å²) in [5, 5.41) is 0.0938. The first kappa shape index (κ1) is 15.9. The van der Waals surface area contributed by atoms with Crippen LogP contribution in [0.5, 0.6) is 0 Å². The van der Waals surface area contributed by atoms with Crippen LogP contribution in [-0.2, 0) is 0 Å². The predicted octanol–water partition coefficient (Wildman–Crippen LogP) is 5.83. The van der Waals surface area contributed by atoms with Crippen LogP contribution in [0.4, 0.5) is 0 Å². The second-order valence-corrected chi connectivity index (χ2v) is 6.22. The number of hydrogen-bond acceptors (Lipinski definition) is 0. The van der Waals surface area contributed by atoms with Crippen molar-refractivity contribution in [2.45, 2.75) is 90.3 Å². The van der Waals surface area contributed by atoms with Gasteiger partial charge in [0.25, 0.3) is 0 Å². The zero-order valence-electron chi connectivity index (χ0n) is 12.8. The Morgan fingerprint density at radius 1 is 1.11 bits per heavy atom. The average molecular weight is 246 g/mol. The molecule has 18 heavy (non-hydrogen) atoms. The van der Waals surface area contributed by atoms with Crippen molar-refractivity contribution in [2.75, 3.05) is 0 Å². The highest BCUT2D eigenvalue weighted by atomic mass is 14.3. The largest absolute Gasteiger partial charge is 0.0856 e. The van der Waals surface area contributed by atoms with E-state index < -0.39 is 0 Å². The lowest BCUT2D eigenvalue weighted by atomic mass is 9.55. The Labute approximate surface area is 116 Å². The smallest absolute Gasteiger partial charge is 0.0749 e. The SMILES string of the molecule is [B]C(CC)(CC)C1CCCC/C=C(\C)CCCC1. The minimum Gasteiger partial charge on any atom is -0.0856 e. The molecule has 0 aliphatic heterocycles. The van der Waals surface area contributed by atoms with Gasteiger partial charge in [0.15, 0.2) is 0 Å². The minimum atomic E-state index is 0.0938. The highest BCUT2D eigenvalue weighted by Crippen LogP contribution is 2.45. The Morgan fingerprint density at radius 3 is 2.33 bits per heavy atom. The quantitative estimate of drug-likeness (QED) is 0.434. The van der Waals surface area contributed by atoms with Gasteiger partial charge in [0, 0.05) is 0 Å². The first-order valence-corrected chi connectivity index (χ1v) is 8.07. The molecule has 1 rings (SSSR count). The summed E-state index contributed by atoms with van der Waals surface area (Å²) in [5.41, 5.74) is 1.60. The van der Waals surface area contributed by atoms with E-state index in [0.717, 1.165) is 18.8 Å². The van der Waals surface area contributed by atoms with E-state index in [1.807, 2.05) is 0 Å². The van der Waals surface area contributed by atoms with Crippen LogP contribution in [0, 0.1) is 5.92 Å². The second-order valence-electron chi connectivity index (χ2n) is 6.22. The van der Waals surface area contributed by atoms with Gasteiger partial charge in [0.1, 0.15) is 0 Å². The van der Waals surface area contributed by atoms with E-state index in [1.54, 1.807) is 5.57 Å². The molecule has 1 atom stereocenters. The summed E-state index contributed by atoms with van der Waals surface area (Å²) in [6.07, 6.45) is 15.4. The van der Waals surface area contributed by atoms with Crippen molar-refractivity contribution in [2.24, 2.45) is 5.92 Å². The summed E-state index contributed by atoms with van der Waals surface area (Å²) in [4.78, 5) is 0. The van der Waals surface area contributed by atoms with Crippen molar-refractivity contribution in [3.63, 3.8) is 0 Å². The average Bonchev–Trinajstić information content (AvgIpc) is 2.43. The lowest BCUT2D eigenvalue weighted by molar-refractivity contribution is 0.283. The lowest BCUT2D eigenvalue weighted by Gasteiger charge is -2.37. The molecule has 0 saturated heterocycles. The maximum atomic E-state index is 6.64. The van der Waals surface area contributed by atoms with Gasteiger partial charge in [0.05, 0.1) is 7.85 Å². The van der Waals surface area contributed by atoms with Gasteiger partial charge in [-0.3, -0.25) is 0 Å². The van der Waals surface area contributed by atoms with Crippen LogP contribution in [0.1, 0.15) is 85.0 Å². The third-order valence-electron chi connectivity index (χ3n) is 5.00. The Hall–Kier alpha value is -0.195. The molecule has 0 N–H and O–H groups in total. The van der Waals surface area contributed by atoms with Crippen LogP contribution in [0.25, 0.3) is 0 Å². The van der Waals surface area contributed by atoms with Crippen LogP contribution in [0.2, 0.25) is 5.31 Å². The van der Waals surface area contributed by atoms with E-state index in [1.165, 1.54) is 51.4 Å². The van der Waals surface area contributed by atoms with Gasteiger partial charge in [-0.15, -0.1) is 0 Å². The van der Waals surface area contributed by atoms with Crippen LogP contribution in [0.3, 0.4) is 0 Å². The summed E-state index contributed by atoms with van der Waals surface area (Å²) in [6.45, 7) is 6.82. The fourth-order valence-electron chi connectivity index (χ4n) is 3.33. The molecule has 1 aliphatic rings. The molecule has 0 aromatic rings. The predicted molar refractivity (Wildman–Crippen MR) is 83.2 cm³/mol. The Balaban J connectivity index is 2.59. The minimum absolute atomic E-state index is 0.0938. The zero-order chi connectivity index (χ0) is 13.4. The summed E-state index contributed by atoms with van der Waals surface area (Å²) in [7, 11) is 6.64. The molecule has 0 heterocycles. The lowest BCUT2D eigenvalue weighted by Crippen LogP contribution is -2.23. The van der Waals surface area contributed by atoms with Gasteiger partial charge < -0.3 is 0 Å². The number of hydrogen-bond donors (Lipinski definition) is 0. The molecule has 0 amide bonds. The van der Waals surface area contributed by atoms with Gasteiger partial charge in [-0.1, -0.05) is 69.3 Å². The monoisotopic (exact) mass is 246 g/mol. The molecule has 0 spiro atoms. The first-order chi connectivity index (χ1) is 8.62. The van der Waals surface area contributed by atoms with Crippen molar-refractivity contribution in [3.05, 3.63) is 11.6 Å². The van der Waals surface area contributed by atoms with Gasteiger partial charge in [-0.25, -0.2) is 0 Å². The van der Waals surface area contributed by atoms with Crippen molar-refractivity contribution in [1.29, 1.82) is 0 Å². The van der Waals surface area contributed by atoms with Crippen molar-refractivity contribution < 1.29 is 0 Å². The summed E-state index contributed by atoms with van der Waals surface area (Å²) in [6, 6.07) is 0.